The molecule has 2 aromatic carbocycles. The first kappa shape index (κ1) is 19.7. The number of amides is 2. The highest BCUT2D eigenvalue weighted by Crippen LogP contribution is 2.26. The summed E-state index contributed by atoms with van der Waals surface area (Å²) >= 11 is 6.24. The van der Waals surface area contributed by atoms with Crippen molar-refractivity contribution in [1.29, 1.82) is 0 Å². The highest BCUT2D eigenvalue weighted by molar-refractivity contribution is 9.10. The minimum atomic E-state index is -0.250. The number of hydrogen-bond donors (Lipinski definition) is 2. The van der Waals surface area contributed by atoms with Crippen molar-refractivity contribution < 1.29 is 9.59 Å². The minimum absolute atomic E-state index is 0.0580. The molecule has 4 nitrogen and oxygen atoms in total. The molecule has 0 bridgehead atoms. The quantitative estimate of drug-likeness (QED) is 0.451. The molecule has 27 heavy (non-hydrogen) atoms. The van der Waals surface area contributed by atoms with Gasteiger partial charge in [0, 0.05) is 20.7 Å². The number of carbonyl (C=O) groups excluding carboxylic acids is 2. The summed E-state index contributed by atoms with van der Waals surface area (Å²) in [6, 6.07) is 18.6. The Morgan fingerprint density at radius 1 is 0.963 bits per heavy atom. The molecule has 1 unspecified atom stereocenters. The Labute approximate surface area is 174 Å². The SMILES string of the molecule is CC(Sc1ccc(NC(=O)c2cccs2)cc1)C(=O)Nc1ccc(Br)cc1. The summed E-state index contributed by atoms with van der Waals surface area (Å²) in [6.45, 7) is 1.87. The largest absolute Gasteiger partial charge is 0.325 e. The predicted molar refractivity (Wildman–Crippen MR) is 117 cm³/mol. The van der Waals surface area contributed by atoms with Crippen LogP contribution in [0.2, 0.25) is 0 Å². The number of thiophene rings is 1. The zero-order valence-electron chi connectivity index (χ0n) is 14.4. The summed E-state index contributed by atoms with van der Waals surface area (Å²) in [6.07, 6.45) is 0. The van der Waals surface area contributed by atoms with Crippen LogP contribution in [0, 0.1) is 0 Å². The second kappa shape index (κ2) is 9.21. The summed E-state index contributed by atoms with van der Waals surface area (Å²) < 4.78 is 0.967. The summed E-state index contributed by atoms with van der Waals surface area (Å²) in [4.78, 5) is 26.0. The fourth-order valence-corrected chi connectivity index (χ4v) is 4.00. The van der Waals surface area contributed by atoms with Gasteiger partial charge in [-0.1, -0.05) is 22.0 Å². The molecule has 1 aromatic heterocycles. The Morgan fingerprint density at radius 3 is 2.22 bits per heavy atom. The first-order valence-corrected chi connectivity index (χ1v) is 10.7. The van der Waals surface area contributed by atoms with E-state index in [1.165, 1.54) is 23.1 Å². The van der Waals surface area contributed by atoms with Crippen molar-refractivity contribution in [2.45, 2.75) is 17.1 Å². The minimum Gasteiger partial charge on any atom is -0.325 e. The number of thioether (sulfide) groups is 1. The second-order valence-electron chi connectivity index (χ2n) is 5.71. The van der Waals surface area contributed by atoms with Gasteiger partial charge in [0.25, 0.3) is 5.91 Å². The fourth-order valence-electron chi connectivity index (χ4n) is 2.25. The van der Waals surface area contributed by atoms with Gasteiger partial charge in [-0.15, -0.1) is 23.1 Å². The van der Waals surface area contributed by atoms with E-state index in [0.29, 0.717) is 4.88 Å². The molecule has 3 aromatic rings. The second-order valence-corrected chi connectivity index (χ2v) is 8.99. The highest BCUT2D eigenvalue weighted by atomic mass is 79.9. The van der Waals surface area contributed by atoms with E-state index in [4.69, 9.17) is 0 Å². The number of nitrogens with one attached hydrogen (secondary N) is 2. The number of hydrogen-bond acceptors (Lipinski definition) is 4. The molecule has 1 atom stereocenters. The first-order chi connectivity index (χ1) is 13.0. The van der Waals surface area contributed by atoms with Crippen molar-refractivity contribution >= 4 is 62.2 Å². The van der Waals surface area contributed by atoms with Crippen LogP contribution in [-0.4, -0.2) is 17.1 Å². The van der Waals surface area contributed by atoms with Gasteiger partial charge in [-0.2, -0.15) is 0 Å². The van der Waals surface area contributed by atoms with E-state index in [2.05, 4.69) is 26.6 Å². The Bertz CT molecular complexity index is 910. The van der Waals surface area contributed by atoms with Crippen molar-refractivity contribution in [3.05, 3.63) is 75.4 Å². The molecule has 2 N–H and O–H groups in total. The maximum Gasteiger partial charge on any atom is 0.265 e. The average molecular weight is 461 g/mol. The Morgan fingerprint density at radius 2 is 1.59 bits per heavy atom. The molecule has 0 radical (unpaired) electrons. The number of anilines is 2. The third kappa shape index (κ3) is 5.69. The van der Waals surface area contributed by atoms with Crippen LogP contribution in [0.5, 0.6) is 0 Å². The van der Waals surface area contributed by atoms with Gasteiger partial charge in [0.15, 0.2) is 0 Å². The zero-order chi connectivity index (χ0) is 19.2. The first-order valence-electron chi connectivity index (χ1n) is 8.19. The molecule has 0 aliphatic heterocycles. The lowest BCUT2D eigenvalue weighted by Gasteiger charge is -2.12. The maximum atomic E-state index is 12.3. The molecular weight excluding hydrogens is 444 g/mol. The van der Waals surface area contributed by atoms with Crippen LogP contribution in [0.1, 0.15) is 16.6 Å². The summed E-state index contributed by atoms with van der Waals surface area (Å²) in [5.74, 6) is -0.176. The van der Waals surface area contributed by atoms with Gasteiger partial charge in [-0.25, -0.2) is 0 Å². The van der Waals surface area contributed by atoms with Crippen molar-refractivity contribution in [3.63, 3.8) is 0 Å². The van der Waals surface area contributed by atoms with Crippen LogP contribution in [0.3, 0.4) is 0 Å². The number of halogens is 1. The number of carbonyl (C=O) groups is 2. The van der Waals surface area contributed by atoms with Crippen molar-refractivity contribution in [2.24, 2.45) is 0 Å². The molecule has 7 heteroatoms. The molecule has 0 spiro atoms. The zero-order valence-corrected chi connectivity index (χ0v) is 17.7. The predicted octanol–water partition coefficient (Wildman–Crippen LogP) is 5.88. The average Bonchev–Trinajstić information content (AvgIpc) is 3.20. The number of rotatable bonds is 6. The molecule has 0 saturated carbocycles. The third-order valence-electron chi connectivity index (χ3n) is 3.65. The molecule has 3 rings (SSSR count). The van der Waals surface area contributed by atoms with E-state index in [9.17, 15) is 9.59 Å². The van der Waals surface area contributed by atoms with Gasteiger partial charge in [0.1, 0.15) is 0 Å². The van der Waals surface area contributed by atoms with Gasteiger partial charge in [0.05, 0.1) is 10.1 Å². The summed E-state index contributed by atoms with van der Waals surface area (Å²) in [5, 5.41) is 7.39. The van der Waals surface area contributed by atoms with Crippen LogP contribution in [0.4, 0.5) is 11.4 Å². The van der Waals surface area contributed by atoms with Crippen molar-refractivity contribution in [2.75, 3.05) is 10.6 Å². The smallest absolute Gasteiger partial charge is 0.265 e. The van der Waals surface area contributed by atoms with Crippen LogP contribution < -0.4 is 10.6 Å². The number of benzene rings is 2. The van der Waals surface area contributed by atoms with Crippen LogP contribution in [0.25, 0.3) is 0 Å². The van der Waals surface area contributed by atoms with Gasteiger partial charge in [-0.05, 0) is 66.9 Å². The molecule has 1 heterocycles. The lowest BCUT2D eigenvalue weighted by atomic mass is 10.3. The molecule has 2 amide bonds. The topological polar surface area (TPSA) is 58.2 Å². The van der Waals surface area contributed by atoms with Gasteiger partial charge in [-0.3, -0.25) is 9.59 Å². The molecular formula is C20H17BrN2O2S2. The van der Waals surface area contributed by atoms with E-state index in [1.807, 2.05) is 66.9 Å². The molecule has 0 aliphatic rings. The summed E-state index contributed by atoms with van der Waals surface area (Å²) in [7, 11) is 0. The monoisotopic (exact) mass is 460 g/mol. The maximum absolute atomic E-state index is 12.3. The third-order valence-corrected chi connectivity index (χ3v) is 6.16. The molecule has 138 valence electrons. The molecule has 0 saturated heterocycles. The lowest BCUT2D eigenvalue weighted by Crippen LogP contribution is -2.22. The lowest BCUT2D eigenvalue weighted by molar-refractivity contribution is -0.115. The van der Waals surface area contributed by atoms with E-state index in [-0.39, 0.29) is 17.1 Å². The van der Waals surface area contributed by atoms with E-state index >= 15 is 0 Å². The van der Waals surface area contributed by atoms with Crippen LogP contribution in [-0.2, 0) is 4.79 Å². The Kier molecular flexibility index (Phi) is 6.71. The van der Waals surface area contributed by atoms with Gasteiger partial charge in [0.2, 0.25) is 5.91 Å². The van der Waals surface area contributed by atoms with Crippen molar-refractivity contribution in [1.82, 2.24) is 0 Å². The highest BCUT2D eigenvalue weighted by Gasteiger charge is 2.15. The van der Waals surface area contributed by atoms with Crippen molar-refractivity contribution in [3.8, 4) is 0 Å². The van der Waals surface area contributed by atoms with E-state index < -0.39 is 0 Å². The standard InChI is InChI=1S/C20H17BrN2O2S2/c1-13(19(24)22-15-6-4-14(21)5-7-15)27-17-10-8-16(9-11-17)23-20(25)18-3-2-12-26-18/h2-13H,1H3,(H,22,24)(H,23,25). The van der Waals surface area contributed by atoms with Crippen LogP contribution in [0.15, 0.2) is 75.4 Å². The van der Waals surface area contributed by atoms with E-state index in [1.54, 1.807) is 6.07 Å². The Balaban J connectivity index is 1.54. The Hall–Kier alpha value is -2.09. The fraction of sp³-hybridized carbons (Fsp3) is 0.100. The van der Waals surface area contributed by atoms with Gasteiger partial charge < -0.3 is 10.6 Å². The van der Waals surface area contributed by atoms with Gasteiger partial charge >= 0.3 is 0 Å². The van der Waals surface area contributed by atoms with E-state index in [0.717, 1.165) is 20.7 Å². The normalized spacial score (nSPS) is 11.6. The molecule has 0 fully saturated rings. The summed E-state index contributed by atoms with van der Waals surface area (Å²) in [5.41, 5.74) is 1.49. The molecule has 0 aliphatic carbocycles. The van der Waals surface area contributed by atoms with Crippen LogP contribution >= 0.6 is 39.0 Å².